The van der Waals surface area contributed by atoms with Crippen LogP contribution in [0.2, 0.25) is 0 Å². The van der Waals surface area contributed by atoms with Crippen molar-refractivity contribution in [1.29, 1.82) is 0 Å². The lowest BCUT2D eigenvalue weighted by Gasteiger charge is -2.22. The number of hydrogen-bond donors (Lipinski definition) is 2. The minimum absolute atomic E-state index is 0.0917. The molecule has 1 aromatic carbocycles. The van der Waals surface area contributed by atoms with Crippen molar-refractivity contribution in [2.45, 2.75) is 44.6 Å². The van der Waals surface area contributed by atoms with E-state index in [0.717, 1.165) is 19.3 Å². The SMILES string of the molecule is COCCCNC(=O)c1cccc(C(=O)NC2CCCCC2)c1. The molecule has 0 aromatic heterocycles. The second kappa shape index (κ2) is 9.30. The first-order valence-corrected chi connectivity index (χ1v) is 8.39. The predicted octanol–water partition coefficient (Wildman–Crippen LogP) is 2.52. The lowest BCUT2D eigenvalue weighted by Crippen LogP contribution is -2.36. The summed E-state index contributed by atoms with van der Waals surface area (Å²) >= 11 is 0. The van der Waals surface area contributed by atoms with E-state index >= 15 is 0 Å². The highest BCUT2D eigenvalue weighted by Gasteiger charge is 2.17. The van der Waals surface area contributed by atoms with Crippen molar-refractivity contribution in [3.63, 3.8) is 0 Å². The highest BCUT2D eigenvalue weighted by atomic mass is 16.5. The Morgan fingerprint density at radius 1 is 1.13 bits per heavy atom. The Labute approximate surface area is 137 Å². The van der Waals surface area contributed by atoms with Gasteiger partial charge in [-0.15, -0.1) is 0 Å². The van der Waals surface area contributed by atoms with Gasteiger partial charge in [-0.3, -0.25) is 9.59 Å². The molecule has 1 saturated carbocycles. The molecule has 2 amide bonds. The minimum atomic E-state index is -0.159. The third-order valence-corrected chi connectivity index (χ3v) is 4.14. The van der Waals surface area contributed by atoms with Crippen molar-refractivity contribution in [3.05, 3.63) is 35.4 Å². The van der Waals surface area contributed by atoms with Crippen LogP contribution in [0, 0.1) is 0 Å². The van der Waals surface area contributed by atoms with Crippen LogP contribution in [0.3, 0.4) is 0 Å². The number of amides is 2. The third-order valence-electron chi connectivity index (χ3n) is 4.14. The van der Waals surface area contributed by atoms with Crippen molar-refractivity contribution in [2.24, 2.45) is 0 Å². The van der Waals surface area contributed by atoms with Crippen LogP contribution in [0.5, 0.6) is 0 Å². The zero-order valence-corrected chi connectivity index (χ0v) is 13.8. The van der Waals surface area contributed by atoms with Crippen LogP contribution >= 0.6 is 0 Å². The van der Waals surface area contributed by atoms with Crippen LogP contribution in [0.25, 0.3) is 0 Å². The number of carbonyl (C=O) groups excluding carboxylic acids is 2. The Morgan fingerprint density at radius 3 is 2.52 bits per heavy atom. The van der Waals surface area contributed by atoms with Gasteiger partial charge in [0.2, 0.25) is 0 Å². The van der Waals surface area contributed by atoms with Crippen LogP contribution in [-0.4, -0.2) is 38.1 Å². The van der Waals surface area contributed by atoms with E-state index < -0.39 is 0 Å². The zero-order chi connectivity index (χ0) is 16.5. The summed E-state index contributed by atoms with van der Waals surface area (Å²) in [6.45, 7) is 1.18. The molecule has 2 rings (SSSR count). The topological polar surface area (TPSA) is 67.4 Å². The Kier molecular flexibility index (Phi) is 7.07. The fourth-order valence-corrected chi connectivity index (χ4v) is 2.84. The van der Waals surface area contributed by atoms with Crippen molar-refractivity contribution >= 4 is 11.8 Å². The molecule has 23 heavy (non-hydrogen) atoms. The van der Waals surface area contributed by atoms with E-state index in [2.05, 4.69) is 10.6 Å². The highest BCUT2D eigenvalue weighted by Crippen LogP contribution is 2.18. The molecule has 0 unspecified atom stereocenters. The molecule has 0 bridgehead atoms. The van der Waals surface area contributed by atoms with Gasteiger partial charge in [-0.1, -0.05) is 25.3 Å². The molecule has 0 heterocycles. The van der Waals surface area contributed by atoms with Gasteiger partial charge in [0, 0.05) is 37.4 Å². The van der Waals surface area contributed by atoms with Gasteiger partial charge in [-0.05, 0) is 37.5 Å². The van der Waals surface area contributed by atoms with Gasteiger partial charge in [0.05, 0.1) is 0 Å². The predicted molar refractivity (Wildman–Crippen MR) is 89.6 cm³/mol. The van der Waals surface area contributed by atoms with Gasteiger partial charge in [0.1, 0.15) is 0 Å². The lowest BCUT2D eigenvalue weighted by atomic mass is 9.95. The second-order valence-corrected chi connectivity index (χ2v) is 5.99. The van der Waals surface area contributed by atoms with Gasteiger partial charge in [0.15, 0.2) is 0 Å². The molecular weight excluding hydrogens is 292 g/mol. The molecule has 1 aromatic rings. The number of methoxy groups -OCH3 is 1. The Balaban J connectivity index is 1.90. The normalized spacial score (nSPS) is 15.2. The second-order valence-electron chi connectivity index (χ2n) is 5.99. The van der Waals surface area contributed by atoms with E-state index in [1.165, 1.54) is 19.3 Å². The quantitative estimate of drug-likeness (QED) is 0.759. The summed E-state index contributed by atoms with van der Waals surface area (Å²) in [7, 11) is 1.64. The van der Waals surface area contributed by atoms with Gasteiger partial charge >= 0.3 is 0 Å². The van der Waals surface area contributed by atoms with Gasteiger partial charge in [-0.2, -0.15) is 0 Å². The molecule has 1 aliphatic rings. The number of hydrogen-bond acceptors (Lipinski definition) is 3. The van der Waals surface area contributed by atoms with E-state index in [0.29, 0.717) is 24.3 Å². The van der Waals surface area contributed by atoms with Gasteiger partial charge < -0.3 is 15.4 Å². The number of ether oxygens (including phenoxy) is 1. The molecule has 0 saturated heterocycles. The molecule has 0 atom stereocenters. The van der Waals surface area contributed by atoms with Crippen molar-refractivity contribution in [3.8, 4) is 0 Å². The van der Waals surface area contributed by atoms with E-state index in [1.807, 2.05) is 0 Å². The van der Waals surface area contributed by atoms with Crippen LogP contribution in [0.4, 0.5) is 0 Å². The summed E-state index contributed by atoms with van der Waals surface area (Å²) in [6, 6.07) is 7.15. The lowest BCUT2D eigenvalue weighted by molar-refractivity contribution is 0.0927. The fraction of sp³-hybridized carbons (Fsp3) is 0.556. The Bertz CT molecular complexity index is 525. The van der Waals surface area contributed by atoms with Crippen molar-refractivity contribution in [1.82, 2.24) is 10.6 Å². The minimum Gasteiger partial charge on any atom is -0.385 e. The number of carbonyl (C=O) groups is 2. The average Bonchev–Trinajstić information content (AvgIpc) is 2.59. The van der Waals surface area contributed by atoms with Crippen molar-refractivity contribution in [2.75, 3.05) is 20.3 Å². The molecule has 1 aliphatic carbocycles. The maximum atomic E-state index is 12.3. The van der Waals surface area contributed by atoms with Gasteiger partial charge in [-0.25, -0.2) is 0 Å². The number of nitrogens with one attached hydrogen (secondary N) is 2. The molecule has 1 fully saturated rings. The molecule has 0 spiro atoms. The van der Waals surface area contributed by atoms with Crippen molar-refractivity contribution < 1.29 is 14.3 Å². The third kappa shape index (κ3) is 5.67. The first-order chi connectivity index (χ1) is 11.2. The smallest absolute Gasteiger partial charge is 0.251 e. The summed E-state index contributed by atoms with van der Waals surface area (Å²) in [5.41, 5.74) is 1.05. The Hall–Kier alpha value is -1.88. The van der Waals surface area contributed by atoms with E-state index in [9.17, 15) is 9.59 Å². The Morgan fingerprint density at radius 2 is 1.83 bits per heavy atom. The van der Waals surface area contributed by atoms with E-state index in [1.54, 1.807) is 31.4 Å². The first-order valence-electron chi connectivity index (χ1n) is 8.39. The summed E-state index contributed by atoms with van der Waals surface area (Å²) in [6.07, 6.45) is 6.47. The summed E-state index contributed by atoms with van der Waals surface area (Å²) in [4.78, 5) is 24.4. The van der Waals surface area contributed by atoms with Crippen LogP contribution in [-0.2, 0) is 4.74 Å². The maximum absolute atomic E-state index is 12.3. The highest BCUT2D eigenvalue weighted by molar-refractivity contribution is 5.99. The van der Waals surface area contributed by atoms with Crippen LogP contribution in [0.15, 0.2) is 24.3 Å². The van der Waals surface area contributed by atoms with Crippen LogP contribution < -0.4 is 10.6 Å². The van der Waals surface area contributed by atoms with Gasteiger partial charge in [0.25, 0.3) is 11.8 Å². The monoisotopic (exact) mass is 318 g/mol. The maximum Gasteiger partial charge on any atom is 0.251 e. The average molecular weight is 318 g/mol. The standard InChI is InChI=1S/C18H26N2O3/c1-23-12-6-11-19-17(21)14-7-5-8-15(13-14)18(22)20-16-9-3-2-4-10-16/h5,7-8,13,16H,2-4,6,9-12H2,1H3,(H,19,21)(H,20,22). The summed E-state index contributed by atoms with van der Waals surface area (Å²) in [5.74, 6) is -0.251. The number of rotatable bonds is 7. The first kappa shape index (κ1) is 17.5. The molecule has 0 aliphatic heterocycles. The molecule has 2 N–H and O–H groups in total. The largest absolute Gasteiger partial charge is 0.385 e. The molecule has 5 nitrogen and oxygen atoms in total. The van der Waals surface area contributed by atoms with E-state index in [4.69, 9.17) is 4.74 Å². The fourth-order valence-electron chi connectivity index (χ4n) is 2.84. The van der Waals surface area contributed by atoms with E-state index in [-0.39, 0.29) is 17.9 Å². The zero-order valence-electron chi connectivity index (χ0n) is 13.8. The molecule has 0 radical (unpaired) electrons. The molecular formula is C18H26N2O3. The summed E-state index contributed by atoms with van der Waals surface area (Å²) < 4.78 is 4.95. The van der Waals surface area contributed by atoms with Crippen LogP contribution in [0.1, 0.15) is 59.2 Å². The summed E-state index contributed by atoms with van der Waals surface area (Å²) in [5, 5.41) is 5.90. The molecule has 5 heteroatoms. The number of benzene rings is 1. The molecule has 126 valence electrons.